The van der Waals surface area contributed by atoms with Crippen LogP contribution in [-0.4, -0.2) is 17.8 Å². The first-order valence-corrected chi connectivity index (χ1v) is 6.91. The van der Waals surface area contributed by atoms with Crippen LogP contribution >= 0.6 is 15.9 Å². The lowest BCUT2D eigenvalue weighted by atomic mass is 10.0. The van der Waals surface area contributed by atoms with E-state index in [0.717, 1.165) is 17.4 Å². The molecule has 0 spiro atoms. The van der Waals surface area contributed by atoms with Gasteiger partial charge in [-0.1, -0.05) is 41.9 Å². The van der Waals surface area contributed by atoms with Crippen molar-refractivity contribution in [2.75, 3.05) is 6.61 Å². The lowest BCUT2D eigenvalue weighted by Gasteiger charge is -2.18. The van der Waals surface area contributed by atoms with Gasteiger partial charge in [0.2, 0.25) is 0 Å². The van der Waals surface area contributed by atoms with E-state index >= 15 is 0 Å². The SMILES string of the molecule is Cc1cc(CNC(CO)CC(C)C)ccc1Br. The Morgan fingerprint density at radius 3 is 2.59 bits per heavy atom. The molecular weight excluding hydrogens is 278 g/mol. The number of aryl methyl sites for hydroxylation is 1. The van der Waals surface area contributed by atoms with E-state index in [1.54, 1.807) is 0 Å². The molecule has 96 valence electrons. The molecular formula is C14H22BrNO. The fraction of sp³-hybridized carbons (Fsp3) is 0.571. The zero-order chi connectivity index (χ0) is 12.8. The molecule has 3 heteroatoms. The molecule has 0 saturated heterocycles. The van der Waals surface area contributed by atoms with Crippen molar-refractivity contribution in [3.63, 3.8) is 0 Å². The minimum Gasteiger partial charge on any atom is -0.395 e. The van der Waals surface area contributed by atoms with Gasteiger partial charge in [-0.05, 0) is 36.5 Å². The fourth-order valence-electron chi connectivity index (χ4n) is 1.87. The Hall–Kier alpha value is -0.380. The summed E-state index contributed by atoms with van der Waals surface area (Å²) in [6.07, 6.45) is 1.01. The molecule has 2 N–H and O–H groups in total. The summed E-state index contributed by atoms with van der Waals surface area (Å²) in [6, 6.07) is 6.54. The van der Waals surface area contributed by atoms with Crippen LogP contribution in [0.15, 0.2) is 22.7 Å². The molecule has 0 heterocycles. The Labute approximate surface area is 113 Å². The summed E-state index contributed by atoms with van der Waals surface area (Å²) >= 11 is 3.50. The van der Waals surface area contributed by atoms with Crippen LogP contribution in [0.5, 0.6) is 0 Å². The number of halogens is 1. The lowest BCUT2D eigenvalue weighted by molar-refractivity contribution is 0.223. The first-order chi connectivity index (χ1) is 8.02. The molecule has 0 aliphatic heterocycles. The zero-order valence-corrected chi connectivity index (χ0v) is 12.4. The van der Waals surface area contributed by atoms with Gasteiger partial charge in [0.15, 0.2) is 0 Å². The highest BCUT2D eigenvalue weighted by Gasteiger charge is 2.09. The van der Waals surface area contributed by atoms with Gasteiger partial charge in [-0.3, -0.25) is 0 Å². The van der Waals surface area contributed by atoms with E-state index in [9.17, 15) is 5.11 Å². The second-order valence-electron chi connectivity index (χ2n) is 4.97. The van der Waals surface area contributed by atoms with Crippen LogP contribution in [0, 0.1) is 12.8 Å². The normalized spacial score (nSPS) is 13.1. The molecule has 1 atom stereocenters. The van der Waals surface area contributed by atoms with Crippen LogP contribution in [0.25, 0.3) is 0 Å². The van der Waals surface area contributed by atoms with Gasteiger partial charge in [0.25, 0.3) is 0 Å². The summed E-state index contributed by atoms with van der Waals surface area (Å²) in [6.45, 7) is 7.45. The number of aliphatic hydroxyl groups excluding tert-OH is 1. The summed E-state index contributed by atoms with van der Waals surface area (Å²) in [5, 5.41) is 12.7. The molecule has 1 rings (SSSR count). The minimum atomic E-state index is 0.193. The van der Waals surface area contributed by atoms with Gasteiger partial charge in [0, 0.05) is 17.1 Å². The summed E-state index contributed by atoms with van der Waals surface area (Å²) < 4.78 is 1.14. The maximum atomic E-state index is 9.28. The highest BCUT2D eigenvalue weighted by molar-refractivity contribution is 9.10. The quantitative estimate of drug-likeness (QED) is 0.845. The van der Waals surface area contributed by atoms with Gasteiger partial charge in [-0.15, -0.1) is 0 Å². The second-order valence-corrected chi connectivity index (χ2v) is 5.83. The minimum absolute atomic E-state index is 0.193. The largest absolute Gasteiger partial charge is 0.395 e. The van der Waals surface area contributed by atoms with E-state index in [0.29, 0.717) is 5.92 Å². The Morgan fingerprint density at radius 1 is 1.35 bits per heavy atom. The third kappa shape index (κ3) is 5.19. The van der Waals surface area contributed by atoms with Crippen LogP contribution in [0.4, 0.5) is 0 Å². The molecule has 0 aromatic heterocycles. The van der Waals surface area contributed by atoms with Crippen molar-refractivity contribution in [3.05, 3.63) is 33.8 Å². The molecule has 0 radical (unpaired) electrons. The Kier molecular flexibility index (Phi) is 6.17. The molecule has 0 amide bonds. The molecule has 0 bridgehead atoms. The van der Waals surface area contributed by atoms with E-state index in [2.05, 4.69) is 60.2 Å². The van der Waals surface area contributed by atoms with E-state index in [1.807, 2.05) is 0 Å². The molecule has 17 heavy (non-hydrogen) atoms. The average molecular weight is 300 g/mol. The first-order valence-electron chi connectivity index (χ1n) is 6.12. The van der Waals surface area contributed by atoms with Gasteiger partial charge < -0.3 is 10.4 Å². The van der Waals surface area contributed by atoms with E-state index in [1.165, 1.54) is 11.1 Å². The predicted octanol–water partition coefficient (Wildman–Crippen LogP) is 3.25. The topological polar surface area (TPSA) is 32.3 Å². The average Bonchev–Trinajstić information content (AvgIpc) is 2.28. The van der Waals surface area contributed by atoms with Crippen LogP contribution in [0.2, 0.25) is 0 Å². The van der Waals surface area contributed by atoms with Crippen LogP contribution in [0.1, 0.15) is 31.4 Å². The fourth-order valence-corrected chi connectivity index (χ4v) is 2.12. The summed E-state index contributed by atoms with van der Waals surface area (Å²) in [4.78, 5) is 0. The smallest absolute Gasteiger partial charge is 0.0584 e. The van der Waals surface area contributed by atoms with Crippen molar-refractivity contribution in [1.29, 1.82) is 0 Å². The van der Waals surface area contributed by atoms with Crippen molar-refractivity contribution >= 4 is 15.9 Å². The zero-order valence-electron chi connectivity index (χ0n) is 10.8. The molecule has 0 aliphatic rings. The second kappa shape index (κ2) is 7.14. The summed E-state index contributed by atoms with van der Waals surface area (Å²) in [5.41, 5.74) is 2.50. The third-order valence-corrected chi connectivity index (χ3v) is 3.68. The van der Waals surface area contributed by atoms with Gasteiger partial charge >= 0.3 is 0 Å². The van der Waals surface area contributed by atoms with Crippen LogP contribution < -0.4 is 5.32 Å². The molecule has 1 unspecified atom stereocenters. The molecule has 2 nitrogen and oxygen atoms in total. The molecule has 1 aromatic carbocycles. The predicted molar refractivity (Wildman–Crippen MR) is 76.0 cm³/mol. The van der Waals surface area contributed by atoms with Gasteiger partial charge in [-0.25, -0.2) is 0 Å². The van der Waals surface area contributed by atoms with E-state index in [-0.39, 0.29) is 12.6 Å². The third-order valence-electron chi connectivity index (χ3n) is 2.79. The number of hydrogen-bond acceptors (Lipinski definition) is 2. The van der Waals surface area contributed by atoms with E-state index in [4.69, 9.17) is 0 Å². The van der Waals surface area contributed by atoms with E-state index < -0.39 is 0 Å². The Bertz CT molecular complexity index is 352. The maximum absolute atomic E-state index is 9.28. The van der Waals surface area contributed by atoms with Gasteiger partial charge in [-0.2, -0.15) is 0 Å². The van der Waals surface area contributed by atoms with Gasteiger partial charge in [0.1, 0.15) is 0 Å². The highest BCUT2D eigenvalue weighted by Crippen LogP contribution is 2.17. The molecule has 0 aliphatic carbocycles. The van der Waals surface area contributed by atoms with Crippen molar-refractivity contribution < 1.29 is 5.11 Å². The lowest BCUT2D eigenvalue weighted by Crippen LogP contribution is -2.33. The van der Waals surface area contributed by atoms with Crippen LogP contribution in [-0.2, 0) is 6.54 Å². The number of nitrogens with one attached hydrogen (secondary N) is 1. The standard InChI is InChI=1S/C14H22BrNO/c1-10(2)6-13(9-17)16-8-12-4-5-14(15)11(3)7-12/h4-5,7,10,13,16-17H,6,8-9H2,1-3H3. The number of rotatable bonds is 6. The van der Waals surface area contributed by atoms with Crippen molar-refractivity contribution in [3.8, 4) is 0 Å². The number of benzene rings is 1. The molecule has 0 saturated carbocycles. The first kappa shape index (κ1) is 14.7. The van der Waals surface area contributed by atoms with Gasteiger partial charge in [0.05, 0.1) is 6.61 Å². The summed E-state index contributed by atoms with van der Waals surface area (Å²) in [7, 11) is 0. The van der Waals surface area contributed by atoms with Crippen molar-refractivity contribution in [2.45, 2.75) is 39.8 Å². The van der Waals surface area contributed by atoms with Crippen molar-refractivity contribution in [2.24, 2.45) is 5.92 Å². The van der Waals surface area contributed by atoms with Crippen molar-refractivity contribution in [1.82, 2.24) is 5.32 Å². The number of aliphatic hydroxyl groups is 1. The Morgan fingerprint density at radius 2 is 2.06 bits per heavy atom. The maximum Gasteiger partial charge on any atom is 0.0584 e. The van der Waals surface area contributed by atoms with Crippen LogP contribution in [0.3, 0.4) is 0 Å². The number of hydrogen-bond donors (Lipinski definition) is 2. The molecule has 1 aromatic rings. The highest BCUT2D eigenvalue weighted by atomic mass is 79.9. The molecule has 0 fully saturated rings. The monoisotopic (exact) mass is 299 g/mol. The Balaban J connectivity index is 2.50. The summed E-state index contributed by atoms with van der Waals surface area (Å²) in [5.74, 6) is 0.603.